The lowest BCUT2D eigenvalue weighted by atomic mass is 10.3. The van der Waals surface area contributed by atoms with E-state index in [0.717, 1.165) is 0 Å². The molecule has 0 aliphatic heterocycles. The number of sulfone groups is 1. The molecule has 0 amide bonds. The number of ether oxygens (including phenoxy) is 1. The summed E-state index contributed by atoms with van der Waals surface area (Å²) in [5.41, 5.74) is 0.517. The number of nitrogens with zero attached hydrogens (tertiary/aromatic N) is 2. The number of aromatic nitrogens is 2. The second kappa shape index (κ2) is 6.68. The molecule has 1 aromatic heterocycles. The molecule has 8 heteroatoms. The quantitative estimate of drug-likeness (QED) is 0.805. The zero-order valence-corrected chi connectivity index (χ0v) is 13.6. The van der Waals surface area contributed by atoms with Crippen LogP contribution in [0.1, 0.15) is 5.69 Å². The minimum absolute atomic E-state index is 0.0647. The number of halogens is 2. The Morgan fingerprint density at radius 1 is 1.24 bits per heavy atom. The summed E-state index contributed by atoms with van der Waals surface area (Å²) >= 11 is 11.7. The molecule has 21 heavy (non-hydrogen) atoms. The first-order valence-electron chi connectivity index (χ1n) is 6.11. The standard InChI is InChI=1S/C13H14Cl2N2O3S/c1-21(18,19)9-12-2-3-17(16-12)4-5-20-13-7-10(14)6-11(15)8-13/h2-3,6-8H,4-5,9H2,1H3. The summed E-state index contributed by atoms with van der Waals surface area (Å²) in [7, 11) is -3.07. The van der Waals surface area contributed by atoms with Crippen LogP contribution in [0.3, 0.4) is 0 Å². The van der Waals surface area contributed by atoms with Gasteiger partial charge in [-0.25, -0.2) is 8.42 Å². The highest BCUT2D eigenvalue weighted by Crippen LogP contribution is 2.24. The van der Waals surface area contributed by atoms with E-state index in [0.29, 0.717) is 34.6 Å². The summed E-state index contributed by atoms with van der Waals surface area (Å²) in [5.74, 6) is 0.515. The smallest absolute Gasteiger partial charge is 0.153 e. The van der Waals surface area contributed by atoms with Crippen LogP contribution in [0.2, 0.25) is 10.0 Å². The molecule has 0 saturated heterocycles. The van der Waals surface area contributed by atoms with Crippen LogP contribution in [-0.4, -0.2) is 31.1 Å². The number of rotatable bonds is 6. The summed E-state index contributed by atoms with van der Waals surface area (Å²) in [4.78, 5) is 0. The Labute approximate surface area is 133 Å². The molecule has 2 rings (SSSR count). The third-order valence-corrected chi connectivity index (χ3v) is 3.79. The molecule has 0 atom stereocenters. The van der Waals surface area contributed by atoms with Crippen LogP contribution in [0.4, 0.5) is 0 Å². The van der Waals surface area contributed by atoms with Crippen molar-refractivity contribution in [3.8, 4) is 5.75 Å². The molecule has 0 fully saturated rings. The lowest BCUT2D eigenvalue weighted by molar-refractivity contribution is 0.291. The minimum atomic E-state index is -3.07. The fourth-order valence-corrected chi connectivity index (χ4v) is 2.94. The molecule has 0 bridgehead atoms. The SMILES string of the molecule is CS(=O)(=O)Cc1ccn(CCOc2cc(Cl)cc(Cl)c2)n1. The normalized spacial score (nSPS) is 11.6. The van der Waals surface area contributed by atoms with Gasteiger partial charge in [-0.2, -0.15) is 5.10 Å². The van der Waals surface area contributed by atoms with E-state index in [1.54, 1.807) is 35.1 Å². The van der Waals surface area contributed by atoms with Crippen LogP contribution in [0.15, 0.2) is 30.5 Å². The largest absolute Gasteiger partial charge is 0.492 e. The summed E-state index contributed by atoms with van der Waals surface area (Å²) < 4.78 is 29.5. The Bertz CT molecular complexity index is 709. The monoisotopic (exact) mass is 348 g/mol. The van der Waals surface area contributed by atoms with E-state index in [1.165, 1.54) is 6.26 Å². The van der Waals surface area contributed by atoms with Crippen LogP contribution in [0.25, 0.3) is 0 Å². The van der Waals surface area contributed by atoms with Crippen molar-refractivity contribution in [2.75, 3.05) is 12.9 Å². The molecule has 0 aliphatic rings. The molecule has 0 N–H and O–H groups in total. The Balaban J connectivity index is 1.89. The van der Waals surface area contributed by atoms with Crippen molar-refractivity contribution in [2.24, 2.45) is 0 Å². The van der Waals surface area contributed by atoms with Gasteiger partial charge in [0.05, 0.1) is 18.0 Å². The highest BCUT2D eigenvalue weighted by molar-refractivity contribution is 7.89. The first-order chi connectivity index (χ1) is 9.82. The topological polar surface area (TPSA) is 61.2 Å². The van der Waals surface area contributed by atoms with Crippen LogP contribution < -0.4 is 4.74 Å². The average molecular weight is 349 g/mol. The Morgan fingerprint density at radius 3 is 2.52 bits per heavy atom. The molecule has 0 spiro atoms. The first-order valence-corrected chi connectivity index (χ1v) is 8.92. The maximum absolute atomic E-state index is 11.2. The highest BCUT2D eigenvalue weighted by atomic mass is 35.5. The van der Waals surface area contributed by atoms with Gasteiger partial charge in [-0.05, 0) is 24.3 Å². The molecule has 114 valence electrons. The minimum Gasteiger partial charge on any atom is -0.492 e. The van der Waals surface area contributed by atoms with Gasteiger partial charge in [-0.15, -0.1) is 0 Å². The van der Waals surface area contributed by atoms with Crippen LogP contribution in [0.5, 0.6) is 5.75 Å². The fraction of sp³-hybridized carbons (Fsp3) is 0.308. The second-order valence-electron chi connectivity index (χ2n) is 4.59. The van der Waals surface area contributed by atoms with E-state index in [9.17, 15) is 8.42 Å². The molecule has 1 aromatic carbocycles. The van der Waals surface area contributed by atoms with Crippen molar-refractivity contribution in [2.45, 2.75) is 12.3 Å². The molecular weight excluding hydrogens is 335 g/mol. The summed E-state index contributed by atoms with van der Waals surface area (Å²) in [5, 5.41) is 5.18. The predicted molar refractivity (Wildman–Crippen MR) is 82.7 cm³/mol. The van der Waals surface area contributed by atoms with Gasteiger partial charge in [-0.3, -0.25) is 4.68 Å². The molecule has 1 heterocycles. The summed E-state index contributed by atoms with van der Waals surface area (Å²) in [6, 6.07) is 6.65. The van der Waals surface area contributed by atoms with Crippen molar-refractivity contribution in [1.29, 1.82) is 0 Å². The van der Waals surface area contributed by atoms with Crippen molar-refractivity contribution < 1.29 is 13.2 Å². The third kappa shape index (κ3) is 5.57. The third-order valence-electron chi connectivity index (χ3n) is 2.53. The van der Waals surface area contributed by atoms with E-state index < -0.39 is 9.84 Å². The molecule has 0 saturated carbocycles. The second-order valence-corrected chi connectivity index (χ2v) is 7.61. The molecular formula is C13H14Cl2N2O3S. The molecule has 0 aliphatic carbocycles. The number of hydrogen-bond donors (Lipinski definition) is 0. The number of hydrogen-bond acceptors (Lipinski definition) is 4. The zero-order chi connectivity index (χ0) is 15.5. The van der Waals surface area contributed by atoms with Crippen LogP contribution >= 0.6 is 23.2 Å². The van der Waals surface area contributed by atoms with Crippen molar-refractivity contribution >= 4 is 33.0 Å². The van der Waals surface area contributed by atoms with Crippen LogP contribution in [-0.2, 0) is 22.1 Å². The summed E-state index contributed by atoms with van der Waals surface area (Å²) in [6.07, 6.45) is 2.90. The highest BCUT2D eigenvalue weighted by Gasteiger charge is 2.07. The number of benzene rings is 1. The molecule has 2 aromatic rings. The maximum Gasteiger partial charge on any atom is 0.153 e. The lowest BCUT2D eigenvalue weighted by Crippen LogP contribution is -2.09. The predicted octanol–water partition coefficient (Wildman–Crippen LogP) is 2.81. The van der Waals surface area contributed by atoms with Gasteiger partial charge in [0.15, 0.2) is 9.84 Å². The Hall–Kier alpha value is -1.24. The van der Waals surface area contributed by atoms with Crippen molar-refractivity contribution in [3.05, 3.63) is 46.2 Å². The summed E-state index contributed by atoms with van der Waals surface area (Å²) in [6.45, 7) is 0.866. The van der Waals surface area contributed by atoms with Gasteiger partial charge in [0, 0.05) is 22.5 Å². The molecule has 0 radical (unpaired) electrons. The first kappa shape index (κ1) is 16.1. The van der Waals surface area contributed by atoms with E-state index in [4.69, 9.17) is 27.9 Å². The maximum atomic E-state index is 11.2. The van der Waals surface area contributed by atoms with Gasteiger partial charge in [0.25, 0.3) is 0 Å². The molecule has 5 nitrogen and oxygen atoms in total. The van der Waals surface area contributed by atoms with Gasteiger partial charge >= 0.3 is 0 Å². The van der Waals surface area contributed by atoms with E-state index >= 15 is 0 Å². The van der Waals surface area contributed by atoms with Gasteiger partial charge < -0.3 is 4.74 Å². The molecule has 0 unspecified atom stereocenters. The zero-order valence-electron chi connectivity index (χ0n) is 11.3. The van der Waals surface area contributed by atoms with Crippen LogP contribution in [0, 0.1) is 0 Å². The van der Waals surface area contributed by atoms with Gasteiger partial charge in [-0.1, -0.05) is 23.2 Å². The van der Waals surface area contributed by atoms with Crippen molar-refractivity contribution in [3.63, 3.8) is 0 Å². The van der Waals surface area contributed by atoms with E-state index in [1.807, 2.05) is 0 Å². The van der Waals surface area contributed by atoms with Gasteiger partial charge in [0.1, 0.15) is 12.4 Å². The Kier molecular flexibility index (Phi) is 5.13. The lowest BCUT2D eigenvalue weighted by Gasteiger charge is -2.07. The average Bonchev–Trinajstić information content (AvgIpc) is 2.73. The van der Waals surface area contributed by atoms with Gasteiger partial charge in [0.2, 0.25) is 0 Å². The van der Waals surface area contributed by atoms with E-state index in [2.05, 4.69) is 5.10 Å². The fourth-order valence-electron chi connectivity index (χ4n) is 1.74. The Morgan fingerprint density at radius 2 is 1.90 bits per heavy atom. The van der Waals surface area contributed by atoms with Crippen molar-refractivity contribution in [1.82, 2.24) is 9.78 Å². The van der Waals surface area contributed by atoms with E-state index in [-0.39, 0.29) is 5.75 Å².